The van der Waals surface area contributed by atoms with Crippen LogP contribution in [0.5, 0.6) is 0 Å². The van der Waals surface area contributed by atoms with Crippen molar-refractivity contribution < 1.29 is 24.2 Å². The highest BCUT2D eigenvalue weighted by Crippen LogP contribution is 2.01. The Morgan fingerprint density at radius 2 is 1.96 bits per heavy atom. The zero-order valence-corrected chi connectivity index (χ0v) is 13.1. The van der Waals surface area contributed by atoms with Crippen LogP contribution in [0.25, 0.3) is 0 Å². The maximum absolute atomic E-state index is 11.6. The first-order valence-corrected chi connectivity index (χ1v) is 7.15. The van der Waals surface area contributed by atoms with Crippen LogP contribution >= 0.6 is 0 Å². The molecule has 23 heavy (non-hydrogen) atoms. The van der Waals surface area contributed by atoms with E-state index >= 15 is 0 Å². The van der Waals surface area contributed by atoms with Gasteiger partial charge in [0.1, 0.15) is 19.3 Å². The second kappa shape index (κ2) is 9.52. The monoisotopic (exact) mass is 323 g/mol. The van der Waals surface area contributed by atoms with Gasteiger partial charge in [0, 0.05) is 18.9 Å². The van der Waals surface area contributed by atoms with E-state index in [4.69, 9.17) is 9.84 Å². The second-order valence-corrected chi connectivity index (χ2v) is 5.26. The second-order valence-electron chi connectivity index (χ2n) is 5.26. The minimum atomic E-state index is -1.11. The van der Waals surface area contributed by atoms with E-state index in [-0.39, 0.29) is 25.0 Å². The molecule has 0 aliphatic carbocycles. The quantitative estimate of drug-likeness (QED) is 0.586. The van der Waals surface area contributed by atoms with E-state index < -0.39 is 17.9 Å². The van der Waals surface area contributed by atoms with Gasteiger partial charge in [-0.05, 0) is 17.5 Å². The maximum atomic E-state index is 11.6. The van der Waals surface area contributed by atoms with Gasteiger partial charge in [0.25, 0.3) is 0 Å². The van der Waals surface area contributed by atoms with Crippen LogP contribution in [0, 0.1) is 5.92 Å². The van der Waals surface area contributed by atoms with Crippen LogP contribution in [0.3, 0.4) is 0 Å². The van der Waals surface area contributed by atoms with Crippen molar-refractivity contribution in [3.05, 3.63) is 30.1 Å². The molecule has 1 heterocycles. The summed E-state index contributed by atoms with van der Waals surface area (Å²) < 4.78 is 4.97. The van der Waals surface area contributed by atoms with Gasteiger partial charge in [-0.1, -0.05) is 19.9 Å². The van der Waals surface area contributed by atoms with E-state index in [1.54, 1.807) is 32.3 Å². The number of ether oxygens (including phenoxy) is 1. The van der Waals surface area contributed by atoms with Crippen molar-refractivity contribution in [3.63, 3.8) is 0 Å². The molecule has 0 saturated carbocycles. The smallest absolute Gasteiger partial charge is 0.326 e. The number of carbonyl (C=O) groups excluding carboxylic acids is 2. The van der Waals surface area contributed by atoms with Crippen molar-refractivity contribution in [2.24, 2.45) is 5.92 Å². The molecule has 8 nitrogen and oxygen atoms in total. The molecule has 3 N–H and O–H groups in total. The van der Waals surface area contributed by atoms with Gasteiger partial charge >= 0.3 is 5.97 Å². The van der Waals surface area contributed by atoms with E-state index in [9.17, 15) is 14.4 Å². The number of carboxylic acids is 1. The standard InChI is InChI=1S/C15H21N3O5/c1-10(2)14(15(21)22)18-13(20)9-23-8-12(19)17-7-11-4-3-5-16-6-11/h3-6,10,14H,7-9H2,1-2H3,(H,17,19)(H,18,20)(H,21,22)/t14-/m1/s1. The summed E-state index contributed by atoms with van der Waals surface area (Å²) in [6, 6.07) is 2.60. The van der Waals surface area contributed by atoms with Crippen molar-refractivity contribution >= 4 is 17.8 Å². The van der Waals surface area contributed by atoms with E-state index in [2.05, 4.69) is 15.6 Å². The predicted octanol–water partition coefficient (Wildman–Crippen LogP) is -0.0602. The number of nitrogens with zero attached hydrogens (tertiary/aromatic N) is 1. The minimum absolute atomic E-state index is 0.251. The molecule has 0 aromatic carbocycles. The summed E-state index contributed by atoms with van der Waals surface area (Å²) in [6.07, 6.45) is 3.27. The molecule has 0 aliphatic heterocycles. The molecule has 1 aromatic rings. The Hall–Kier alpha value is -2.48. The van der Waals surface area contributed by atoms with Gasteiger partial charge in [-0.25, -0.2) is 4.79 Å². The van der Waals surface area contributed by atoms with Gasteiger partial charge in [0.2, 0.25) is 11.8 Å². The number of amides is 2. The van der Waals surface area contributed by atoms with E-state index in [1.165, 1.54) is 0 Å². The third kappa shape index (κ3) is 7.37. The summed E-state index contributed by atoms with van der Waals surface area (Å²) in [7, 11) is 0. The summed E-state index contributed by atoms with van der Waals surface area (Å²) in [6.45, 7) is 3.03. The first kappa shape index (κ1) is 18.6. The number of carbonyl (C=O) groups is 3. The van der Waals surface area contributed by atoms with Crippen LogP contribution < -0.4 is 10.6 Å². The number of aromatic nitrogens is 1. The Balaban J connectivity index is 2.23. The van der Waals surface area contributed by atoms with Gasteiger partial charge in [-0.15, -0.1) is 0 Å². The number of aliphatic carboxylic acids is 1. The maximum Gasteiger partial charge on any atom is 0.326 e. The average molecular weight is 323 g/mol. The molecule has 0 fully saturated rings. The van der Waals surface area contributed by atoms with Crippen LogP contribution in [-0.4, -0.2) is 47.1 Å². The highest BCUT2D eigenvalue weighted by atomic mass is 16.5. The molecule has 0 saturated heterocycles. The Morgan fingerprint density at radius 3 is 2.52 bits per heavy atom. The van der Waals surface area contributed by atoms with Crippen molar-refractivity contribution in [2.45, 2.75) is 26.4 Å². The van der Waals surface area contributed by atoms with E-state index in [1.807, 2.05) is 6.07 Å². The Labute approximate surface area is 134 Å². The molecule has 1 atom stereocenters. The van der Waals surface area contributed by atoms with Gasteiger partial charge in [-0.3, -0.25) is 14.6 Å². The summed E-state index contributed by atoms with van der Waals surface area (Å²) in [4.78, 5) is 38.0. The van der Waals surface area contributed by atoms with E-state index in [0.717, 1.165) is 5.56 Å². The van der Waals surface area contributed by atoms with Gasteiger partial charge in [0.05, 0.1) is 0 Å². The highest BCUT2D eigenvalue weighted by Gasteiger charge is 2.23. The molecule has 0 bridgehead atoms. The lowest BCUT2D eigenvalue weighted by atomic mass is 10.1. The van der Waals surface area contributed by atoms with Gasteiger partial charge in [-0.2, -0.15) is 0 Å². The van der Waals surface area contributed by atoms with Crippen molar-refractivity contribution in [2.75, 3.05) is 13.2 Å². The fraction of sp³-hybridized carbons (Fsp3) is 0.467. The van der Waals surface area contributed by atoms with Crippen molar-refractivity contribution in [3.8, 4) is 0 Å². The summed E-state index contributed by atoms with van der Waals surface area (Å²) in [5.41, 5.74) is 0.847. The average Bonchev–Trinajstić information content (AvgIpc) is 2.51. The van der Waals surface area contributed by atoms with E-state index in [0.29, 0.717) is 6.54 Å². The summed E-state index contributed by atoms with van der Waals surface area (Å²) >= 11 is 0. The molecule has 0 radical (unpaired) electrons. The van der Waals surface area contributed by atoms with Crippen LogP contribution in [0.15, 0.2) is 24.5 Å². The number of pyridine rings is 1. The number of nitrogens with one attached hydrogen (secondary N) is 2. The Bertz CT molecular complexity index is 533. The molecule has 0 aliphatic rings. The third-order valence-corrected chi connectivity index (χ3v) is 2.93. The Morgan fingerprint density at radius 1 is 1.26 bits per heavy atom. The topological polar surface area (TPSA) is 118 Å². The largest absolute Gasteiger partial charge is 0.480 e. The molecular formula is C15H21N3O5. The molecule has 1 rings (SSSR count). The first-order chi connectivity index (χ1) is 10.9. The summed E-state index contributed by atoms with van der Waals surface area (Å²) in [5.74, 6) is -2.31. The molecule has 8 heteroatoms. The third-order valence-electron chi connectivity index (χ3n) is 2.93. The first-order valence-electron chi connectivity index (χ1n) is 7.15. The number of carboxylic acid groups (broad SMARTS) is 1. The van der Waals surface area contributed by atoms with Crippen LogP contribution in [0.2, 0.25) is 0 Å². The van der Waals surface area contributed by atoms with Crippen LogP contribution in [0.1, 0.15) is 19.4 Å². The molecule has 126 valence electrons. The molecule has 2 amide bonds. The zero-order chi connectivity index (χ0) is 17.2. The SMILES string of the molecule is CC(C)[C@@H](NC(=O)COCC(=O)NCc1cccnc1)C(=O)O. The molecular weight excluding hydrogens is 302 g/mol. The summed E-state index contributed by atoms with van der Waals surface area (Å²) in [5, 5.41) is 13.9. The molecule has 0 spiro atoms. The van der Waals surface area contributed by atoms with Crippen molar-refractivity contribution in [1.29, 1.82) is 0 Å². The Kier molecular flexibility index (Phi) is 7.69. The van der Waals surface area contributed by atoms with Crippen molar-refractivity contribution in [1.82, 2.24) is 15.6 Å². The minimum Gasteiger partial charge on any atom is -0.480 e. The highest BCUT2D eigenvalue weighted by molar-refractivity contribution is 5.84. The number of hydrogen-bond donors (Lipinski definition) is 3. The lowest BCUT2D eigenvalue weighted by Gasteiger charge is -2.17. The number of hydrogen-bond acceptors (Lipinski definition) is 5. The molecule has 1 aromatic heterocycles. The normalized spacial score (nSPS) is 11.8. The van der Waals surface area contributed by atoms with Gasteiger partial charge in [0.15, 0.2) is 0 Å². The zero-order valence-electron chi connectivity index (χ0n) is 13.1. The fourth-order valence-electron chi connectivity index (χ4n) is 1.72. The lowest BCUT2D eigenvalue weighted by Crippen LogP contribution is -2.46. The van der Waals surface area contributed by atoms with Gasteiger partial charge < -0.3 is 20.5 Å². The van der Waals surface area contributed by atoms with Crippen LogP contribution in [0.4, 0.5) is 0 Å². The van der Waals surface area contributed by atoms with Crippen LogP contribution in [-0.2, 0) is 25.7 Å². The molecule has 0 unspecified atom stereocenters. The predicted molar refractivity (Wildman–Crippen MR) is 81.3 cm³/mol. The lowest BCUT2D eigenvalue weighted by molar-refractivity contribution is -0.144. The number of rotatable bonds is 9. The fourth-order valence-corrected chi connectivity index (χ4v) is 1.72.